The van der Waals surface area contributed by atoms with Gasteiger partial charge in [-0.3, -0.25) is 4.79 Å². The van der Waals surface area contributed by atoms with E-state index in [-0.39, 0.29) is 5.78 Å². The van der Waals surface area contributed by atoms with Crippen LogP contribution >= 0.6 is 0 Å². The molecule has 1 nitrogen and oxygen atoms in total. The van der Waals surface area contributed by atoms with E-state index in [4.69, 9.17) is 0 Å². The van der Waals surface area contributed by atoms with E-state index in [9.17, 15) is 4.79 Å². The van der Waals surface area contributed by atoms with Crippen molar-refractivity contribution in [2.45, 2.75) is 38.5 Å². The zero-order valence-corrected chi connectivity index (χ0v) is 7.88. The van der Waals surface area contributed by atoms with Gasteiger partial charge < -0.3 is 0 Å². The topological polar surface area (TPSA) is 17.1 Å². The van der Waals surface area contributed by atoms with Crippen LogP contribution in [0.3, 0.4) is 0 Å². The molecular formula is C12H15O. The molecule has 0 aromatic carbocycles. The minimum atomic E-state index is 0.156. The van der Waals surface area contributed by atoms with E-state index < -0.39 is 0 Å². The van der Waals surface area contributed by atoms with Gasteiger partial charge in [-0.15, -0.1) is 0 Å². The Morgan fingerprint density at radius 3 is 2.69 bits per heavy atom. The summed E-state index contributed by atoms with van der Waals surface area (Å²) in [7, 11) is 0. The maximum Gasteiger partial charge on any atom is 0.167 e. The van der Waals surface area contributed by atoms with Crippen molar-refractivity contribution in [3.05, 3.63) is 23.8 Å². The molecule has 2 aliphatic carbocycles. The summed E-state index contributed by atoms with van der Waals surface area (Å²) in [5.41, 5.74) is 1.35. The minimum absolute atomic E-state index is 0.156. The van der Waals surface area contributed by atoms with Crippen LogP contribution in [0.2, 0.25) is 0 Å². The number of allylic oxidation sites excluding steroid dienone is 4. The van der Waals surface area contributed by atoms with E-state index in [0.29, 0.717) is 12.3 Å². The number of hydrogen-bond acceptors (Lipinski definition) is 1. The van der Waals surface area contributed by atoms with Crippen molar-refractivity contribution in [1.29, 1.82) is 0 Å². The molecule has 0 aromatic rings. The molecule has 69 valence electrons. The fraction of sp³-hybridized carbons (Fsp3) is 0.583. The van der Waals surface area contributed by atoms with Crippen LogP contribution in [0.1, 0.15) is 38.5 Å². The predicted molar refractivity (Wildman–Crippen MR) is 52.1 cm³/mol. The Morgan fingerprint density at radius 1 is 1.23 bits per heavy atom. The van der Waals surface area contributed by atoms with Gasteiger partial charge in [0.15, 0.2) is 5.78 Å². The summed E-state index contributed by atoms with van der Waals surface area (Å²) in [5, 5.41) is 0. The highest BCUT2D eigenvalue weighted by Crippen LogP contribution is 2.32. The average molecular weight is 175 g/mol. The molecule has 2 rings (SSSR count). The monoisotopic (exact) mass is 175 g/mol. The summed E-state index contributed by atoms with van der Waals surface area (Å²) in [6.07, 6.45) is 13.8. The van der Waals surface area contributed by atoms with Crippen molar-refractivity contribution < 1.29 is 4.79 Å². The fourth-order valence-electron chi connectivity index (χ4n) is 2.29. The molecule has 0 atom stereocenters. The third-order valence-electron chi connectivity index (χ3n) is 3.04. The molecule has 0 amide bonds. The summed E-state index contributed by atoms with van der Waals surface area (Å²) in [6.45, 7) is 0. The van der Waals surface area contributed by atoms with E-state index in [1.807, 2.05) is 0 Å². The molecular weight excluding hydrogens is 160 g/mol. The first-order valence-corrected chi connectivity index (χ1v) is 5.18. The third-order valence-corrected chi connectivity index (χ3v) is 3.04. The van der Waals surface area contributed by atoms with E-state index in [1.165, 1.54) is 37.7 Å². The number of rotatable bonds is 1. The molecule has 0 aromatic heterocycles. The van der Waals surface area contributed by atoms with Crippen LogP contribution in [-0.2, 0) is 4.79 Å². The summed E-state index contributed by atoms with van der Waals surface area (Å²) in [5.74, 6) is 0.846. The highest BCUT2D eigenvalue weighted by atomic mass is 16.1. The van der Waals surface area contributed by atoms with Crippen molar-refractivity contribution in [3.63, 3.8) is 0 Å². The second-order valence-electron chi connectivity index (χ2n) is 3.99. The Morgan fingerprint density at radius 2 is 2.00 bits per heavy atom. The smallest absolute Gasteiger partial charge is 0.167 e. The molecule has 1 fully saturated rings. The lowest BCUT2D eigenvalue weighted by molar-refractivity contribution is -0.114. The number of carbonyl (C=O) groups excluding carboxylic acids is 1. The first kappa shape index (κ1) is 8.74. The molecule has 0 aliphatic heterocycles. The molecule has 0 heterocycles. The van der Waals surface area contributed by atoms with Gasteiger partial charge in [-0.25, -0.2) is 0 Å². The van der Waals surface area contributed by atoms with Gasteiger partial charge in [0.25, 0.3) is 0 Å². The van der Waals surface area contributed by atoms with Crippen LogP contribution in [0.4, 0.5) is 0 Å². The molecule has 1 saturated carbocycles. The summed E-state index contributed by atoms with van der Waals surface area (Å²) < 4.78 is 0. The lowest BCUT2D eigenvalue weighted by Gasteiger charge is -2.24. The van der Waals surface area contributed by atoms with Crippen LogP contribution in [0.5, 0.6) is 0 Å². The Balaban J connectivity index is 2.02. The first-order valence-electron chi connectivity index (χ1n) is 5.18. The van der Waals surface area contributed by atoms with Crippen LogP contribution in [0.25, 0.3) is 0 Å². The highest BCUT2D eigenvalue weighted by Gasteiger charge is 2.20. The van der Waals surface area contributed by atoms with Gasteiger partial charge in [0.1, 0.15) is 0 Å². The lowest BCUT2D eigenvalue weighted by atomic mass is 9.81. The maximum atomic E-state index is 11.1. The van der Waals surface area contributed by atoms with Crippen LogP contribution in [0.15, 0.2) is 17.7 Å². The normalized spacial score (nSPS) is 24.6. The summed E-state index contributed by atoms with van der Waals surface area (Å²) >= 11 is 0. The quantitative estimate of drug-likeness (QED) is 0.599. The zero-order valence-electron chi connectivity index (χ0n) is 7.88. The number of Topliss-reactive ketones (excluding diaryl/α,β-unsaturated/α-hetero) is 1. The Bertz CT molecular complexity index is 254. The molecule has 0 bridgehead atoms. The second-order valence-corrected chi connectivity index (χ2v) is 3.99. The van der Waals surface area contributed by atoms with Crippen molar-refractivity contribution in [1.82, 2.24) is 0 Å². The SMILES string of the molecule is O=C1[C]=CC=C(C2CCCCC2)C1. The number of hydrogen-bond donors (Lipinski definition) is 0. The first-order chi connectivity index (χ1) is 6.36. The number of carbonyl (C=O) groups is 1. The molecule has 0 N–H and O–H groups in total. The molecule has 1 radical (unpaired) electrons. The second kappa shape index (κ2) is 3.91. The zero-order chi connectivity index (χ0) is 9.10. The number of ketones is 1. The van der Waals surface area contributed by atoms with Gasteiger partial charge in [-0.1, -0.05) is 37.0 Å². The molecule has 0 saturated heterocycles. The molecule has 2 aliphatic rings. The van der Waals surface area contributed by atoms with E-state index in [0.717, 1.165) is 0 Å². The molecule has 0 unspecified atom stereocenters. The van der Waals surface area contributed by atoms with Gasteiger partial charge in [0, 0.05) is 12.5 Å². The molecule has 0 spiro atoms. The van der Waals surface area contributed by atoms with E-state index in [1.54, 1.807) is 6.08 Å². The van der Waals surface area contributed by atoms with Crippen LogP contribution in [-0.4, -0.2) is 5.78 Å². The molecule has 1 heteroatoms. The van der Waals surface area contributed by atoms with E-state index >= 15 is 0 Å². The van der Waals surface area contributed by atoms with Gasteiger partial charge in [0.05, 0.1) is 0 Å². The van der Waals surface area contributed by atoms with Gasteiger partial charge in [-0.2, -0.15) is 0 Å². The summed E-state index contributed by atoms with van der Waals surface area (Å²) in [4.78, 5) is 11.1. The average Bonchev–Trinajstić information content (AvgIpc) is 2.19. The lowest BCUT2D eigenvalue weighted by Crippen LogP contribution is -2.13. The Kier molecular flexibility index (Phi) is 2.62. The molecule has 13 heavy (non-hydrogen) atoms. The van der Waals surface area contributed by atoms with Gasteiger partial charge in [-0.05, 0) is 18.8 Å². The van der Waals surface area contributed by atoms with Crippen LogP contribution in [0, 0.1) is 12.0 Å². The Hall–Kier alpha value is -0.850. The highest BCUT2D eigenvalue weighted by molar-refractivity contribution is 5.89. The largest absolute Gasteiger partial charge is 0.294 e. The predicted octanol–water partition coefficient (Wildman–Crippen LogP) is 2.83. The van der Waals surface area contributed by atoms with Crippen molar-refractivity contribution in [2.75, 3.05) is 0 Å². The standard InChI is InChI=1S/C12H15O/c13-12-8-4-7-11(9-12)10-5-2-1-3-6-10/h4,7,10H,1-3,5-6,9H2. The maximum absolute atomic E-state index is 11.1. The minimum Gasteiger partial charge on any atom is -0.294 e. The Labute approximate surface area is 79.5 Å². The summed E-state index contributed by atoms with van der Waals surface area (Å²) in [6, 6.07) is 0. The van der Waals surface area contributed by atoms with Gasteiger partial charge >= 0.3 is 0 Å². The van der Waals surface area contributed by atoms with Crippen LogP contribution < -0.4 is 0 Å². The van der Waals surface area contributed by atoms with Crippen molar-refractivity contribution >= 4 is 5.78 Å². The van der Waals surface area contributed by atoms with E-state index in [2.05, 4.69) is 12.2 Å². The van der Waals surface area contributed by atoms with Crippen molar-refractivity contribution in [3.8, 4) is 0 Å². The van der Waals surface area contributed by atoms with Crippen molar-refractivity contribution in [2.24, 2.45) is 5.92 Å². The third kappa shape index (κ3) is 2.09. The van der Waals surface area contributed by atoms with Gasteiger partial charge in [0.2, 0.25) is 0 Å². The fourth-order valence-corrected chi connectivity index (χ4v) is 2.29.